The predicted octanol–water partition coefficient (Wildman–Crippen LogP) is 1.50. The van der Waals surface area contributed by atoms with E-state index in [2.05, 4.69) is 63.5 Å². The Morgan fingerprint density at radius 2 is 2.30 bits per heavy atom. The number of H-pyrrole nitrogens is 1. The topological polar surface area (TPSA) is 56.8 Å². The Kier molecular flexibility index (Phi) is 3.69. The zero-order chi connectivity index (χ0) is 13.9. The molecule has 0 aliphatic carbocycles. The van der Waals surface area contributed by atoms with Crippen molar-refractivity contribution in [2.75, 3.05) is 24.5 Å². The van der Waals surface area contributed by atoms with Crippen molar-refractivity contribution in [2.45, 2.75) is 26.3 Å². The van der Waals surface area contributed by atoms with E-state index in [-0.39, 0.29) is 0 Å². The molecule has 0 radical (unpaired) electrons. The lowest BCUT2D eigenvalue weighted by Crippen LogP contribution is -2.49. The van der Waals surface area contributed by atoms with E-state index in [1.807, 2.05) is 0 Å². The number of aryl methyl sites for hydroxylation is 1. The molecule has 2 heterocycles. The molecule has 0 spiro atoms. The van der Waals surface area contributed by atoms with E-state index in [4.69, 9.17) is 0 Å². The zero-order valence-corrected chi connectivity index (χ0v) is 12.1. The SMILES string of the molecule is Cc1cccc(Cc2nc(N3CCN[C@@H](C)C3)n[nH]2)c1. The largest absolute Gasteiger partial charge is 0.337 e. The van der Waals surface area contributed by atoms with Gasteiger partial charge in [0, 0.05) is 32.1 Å². The van der Waals surface area contributed by atoms with Crippen LogP contribution in [-0.4, -0.2) is 40.9 Å². The third-order valence-electron chi connectivity index (χ3n) is 3.63. The van der Waals surface area contributed by atoms with E-state index < -0.39 is 0 Å². The summed E-state index contributed by atoms with van der Waals surface area (Å²) in [6.07, 6.45) is 0.802. The number of hydrogen-bond donors (Lipinski definition) is 2. The highest BCUT2D eigenvalue weighted by Gasteiger charge is 2.19. The predicted molar refractivity (Wildman–Crippen MR) is 80.0 cm³/mol. The third-order valence-corrected chi connectivity index (χ3v) is 3.63. The van der Waals surface area contributed by atoms with E-state index in [0.717, 1.165) is 37.8 Å². The Morgan fingerprint density at radius 1 is 1.40 bits per heavy atom. The Morgan fingerprint density at radius 3 is 3.10 bits per heavy atom. The van der Waals surface area contributed by atoms with Crippen LogP contribution in [0.2, 0.25) is 0 Å². The van der Waals surface area contributed by atoms with Crippen molar-refractivity contribution >= 4 is 5.95 Å². The van der Waals surface area contributed by atoms with Gasteiger partial charge in [-0.2, -0.15) is 4.98 Å². The Hall–Kier alpha value is -1.88. The number of benzene rings is 1. The van der Waals surface area contributed by atoms with Gasteiger partial charge in [-0.1, -0.05) is 29.8 Å². The van der Waals surface area contributed by atoms with Gasteiger partial charge >= 0.3 is 0 Å². The minimum Gasteiger partial charge on any atom is -0.337 e. The first kappa shape index (κ1) is 13.1. The standard InChI is InChI=1S/C15H21N5/c1-11-4-3-5-13(8-11)9-14-17-15(19-18-14)20-7-6-16-12(2)10-20/h3-5,8,12,16H,6-7,9-10H2,1-2H3,(H,17,18,19)/t12-/m0/s1. The minimum atomic E-state index is 0.488. The van der Waals surface area contributed by atoms with Crippen LogP contribution in [0.15, 0.2) is 24.3 Å². The van der Waals surface area contributed by atoms with Gasteiger partial charge in [0.05, 0.1) is 0 Å². The van der Waals surface area contributed by atoms with Gasteiger partial charge in [-0.05, 0) is 19.4 Å². The quantitative estimate of drug-likeness (QED) is 0.888. The number of aromatic nitrogens is 3. The van der Waals surface area contributed by atoms with Gasteiger partial charge in [0.2, 0.25) is 5.95 Å². The summed E-state index contributed by atoms with van der Waals surface area (Å²) in [5.41, 5.74) is 2.54. The van der Waals surface area contributed by atoms with Crippen molar-refractivity contribution < 1.29 is 0 Å². The molecule has 20 heavy (non-hydrogen) atoms. The zero-order valence-electron chi connectivity index (χ0n) is 12.1. The molecule has 1 saturated heterocycles. The number of nitrogens with one attached hydrogen (secondary N) is 2. The molecule has 0 bridgehead atoms. The summed E-state index contributed by atoms with van der Waals surface area (Å²) >= 11 is 0. The first-order valence-corrected chi connectivity index (χ1v) is 7.16. The fourth-order valence-electron chi connectivity index (χ4n) is 2.64. The number of rotatable bonds is 3. The highest BCUT2D eigenvalue weighted by Crippen LogP contribution is 2.13. The Labute approximate surface area is 119 Å². The monoisotopic (exact) mass is 271 g/mol. The summed E-state index contributed by atoms with van der Waals surface area (Å²) in [6, 6.07) is 9.00. The van der Waals surface area contributed by atoms with E-state index in [9.17, 15) is 0 Å². The molecule has 0 saturated carbocycles. The van der Waals surface area contributed by atoms with Gasteiger partial charge in [-0.3, -0.25) is 5.10 Å². The first-order chi connectivity index (χ1) is 9.70. The van der Waals surface area contributed by atoms with Crippen LogP contribution in [-0.2, 0) is 6.42 Å². The lowest BCUT2D eigenvalue weighted by Gasteiger charge is -2.30. The van der Waals surface area contributed by atoms with E-state index >= 15 is 0 Å². The van der Waals surface area contributed by atoms with Crippen LogP contribution in [0.5, 0.6) is 0 Å². The second-order valence-corrected chi connectivity index (χ2v) is 5.55. The summed E-state index contributed by atoms with van der Waals surface area (Å²) in [6.45, 7) is 7.21. The van der Waals surface area contributed by atoms with Crippen molar-refractivity contribution in [3.05, 3.63) is 41.2 Å². The van der Waals surface area contributed by atoms with E-state index in [0.29, 0.717) is 6.04 Å². The average molecular weight is 271 g/mol. The number of aromatic amines is 1. The van der Waals surface area contributed by atoms with Crippen molar-refractivity contribution in [1.82, 2.24) is 20.5 Å². The average Bonchev–Trinajstić information content (AvgIpc) is 2.87. The molecule has 106 valence electrons. The second-order valence-electron chi connectivity index (χ2n) is 5.55. The summed E-state index contributed by atoms with van der Waals surface area (Å²) in [5, 5.41) is 10.8. The fraction of sp³-hybridized carbons (Fsp3) is 0.467. The van der Waals surface area contributed by atoms with Gasteiger partial charge in [0.1, 0.15) is 5.82 Å². The van der Waals surface area contributed by atoms with E-state index in [1.54, 1.807) is 0 Å². The molecule has 1 aliphatic heterocycles. The van der Waals surface area contributed by atoms with Gasteiger partial charge in [-0.25, -0.2) is 0 Å². The fourth-order valence-corrected chi connectivity index (χ4v) is 2.64. The highest BCUT2D eigenvalue weighted by molar-refractivity contribution is 5.32. The van der Waals surface area contributed by atoms with Crippen molar-refractivity contribution in [3.8, 4) is 0 Å². The Bertz CT molecular complexity index is 577. The van der Waals surface area contributed by atoms with Crippen molar-refractivity contribution in [3.63, 3.8) is 0 Å². The summed E-state index contributed by atoms with van der Waals surface area (Å²) in [4.78, 5) is 6.86. The molecule has 1 fully saturated rings. The minimum absolute atomic E-state index is 0.488. The van der Waals surface area contributed by atoms with Gasteiger partial charge in [0.25, 0.3) is 0 Å². The van der Waals surface area contributed by atoms with E-state index in [1.165, 1.54) is 11.1 Å². The molecule has 0 amide bonds. The van der Waals surface area contributed by atoms with Gasteiger partial charge in [-0.15, -0.1) is 5.10 Å². The summed E-state index contributed by atoms with van der Waals surface area (Å²) in [5.74, 6) is 1.75. The van der Waals surface area contributed by atoms with Crippen LogP contribution in [0, 0.1) is 6.92 Å². The molecule has 1 aromatic heterocycles. The highest BCUT2D eigenvalue weighted by atomic mass is 15.4. The number of nitrogens with zero attached hydrogens (tertiary/aromatic N) is 3. The molecule has 2 N–H and O–H groups in total. The molecule has 1 aromatic carbocycles. The molecule has 5 heteroatoms. The molecule has 0 unspecified atom stereocenters. The molecule has 5 nitrogen and oxygen atoms in total. The summed E-state index contributed by atoms with van der Waals surface area (Å²) < 4.78 is 0. The maximum Gasteiger partial charge on any atom is 0.244 e. The smallest absolute Gasteiger partial charge is 0.244 e. The van der Waals surface area contributed by atoms with Crippen molar-refractivity contribution in [2.24, 2.45) is 0 Å². The van der Waals surface area contributed by atoms with Gasteiger partial charge in [0.15, 0.2) is 0 Å². The lowest BCUT2D eigenvalue weighted by molar-refractivity contribution is 0.480. The number of hydrogen-bond acceptors (Lipinski definition) is 4. The molecule has 2 aromatic rings. The van der Waals surface area contributed by atoms with Crippen LogP contribution in [0.3, 0.4) is 0 Å². The molecule has 1 aliphatic rings. The van der Waals surface area contributed by atoms with Crippen LogP contribution in [0.25, 0.3) is 0 Å². The molecular formula is C15H21N5. The van der Waals surface area contributed by atoms with Crippen LogP contribution >= 0.6 is 0 Å². The molecule has 1 atom stereocenters. The maximum absolute atomic E-state index is 4.62. The summed E-state index contributed by atoms with van der Waals surface area (Å²) in [7, 11) is 0. The van der Waals surface area contributed by atoms with Crippen LogP contribution in [0.1, 0.15) is 23.9 Å². The normalized spacial score (nSPS) is 19.3. The first-order valence-electron chi connectivity index (χ1n) is 7.16. The van der Waals surface area contributed by atoms with Crippen LogP contribution < -0.4 is 10.2 Å². The molecular weight excluding hydrogens is 250 g/mol. The van der Waals surface area contributed by atoms with Crippen LogP contribution in [0.4, 0.5) is 5.95 Å². The third kappa shape index (κ3) is 2.99. The Balaban J connectivity index is 1.70. The number of piperazine rings is 1. The van der Waals surface area contributed by atoms with Crippen molar-refractivity contribution in [1.29, 1.82) is 0 Å². The van der Waals surface area contributed by atoms with Gasteiger partial charge < -0.3 is 10.2 Å². The number of anilines is 1. The molecule has 3 rings (SSSR count). The second kappa shape index (κ2) is 5.63. The lowest BCUT2D eigenvalue weighted by atomic mass is 10.1. The maximum atomic E-state index is 4.62.